The second kappa shape index (κ2) is 6.60. The van der Waals surface area contributed by atoms with Gasteiger partial charge in [0.1, 0.15) is 11.9 Å². The molecule has 3 aromatic rings. The van der Waals surface area contributed by atoms with E-state index in [-0.39, 0.29) is 11.4 Å². The van der Waals surface area contributed by atoms with E-state index in [0.717, 1.165) is 35.9 Å². The fourth-order valence-corrected chi connectivity index (χ4v) is 4.43. The lowest BCUT2D eigenvalue weighted by atomic mass is 9.97. The maximum atomic E-state index is 13.0. The number of hydrogen-bond acceptors (Lipinski definition) is 5. The van der Waals surface area contributed by atoms with E-state index in [9.17, 15) is 14.0 Å². The van der Waals surface area contributed by atoms with Crippen LogP contribution in [0.3, 0.4) is 0 Å². The van der Waals surface area contributed by atoms with E-state index < -0.39 is 11.9 Å². The lowest BCUT2D eigenvalue weighted by Crippen LogP contribution is -2.34. The Hall–Kier alpha value is -2.61. The van der Waals surface area contributed by atoms with Crippen molar-refractivity contribution in [3.63, 3.8) is 0 Å². The van der Waals surface area contributed by atoms with Crippen LogP contribution >= 0.6 is 11.3 Å². The molecule has 1 N–H and O–H groups in total. The molecule has 0 saturated heterocycles. The van der Waals surface area contributed by atoms with E-state index in [4.69, 9.17) is 0 Å². The van der Waals surface area contributed by atoms with E-state index in [1.54, 1.807) is 6.92 Å². The number of carbonyl (C=O) groups excluding carboxylic acids is 1. The maximum Gasteiger partial charge on any atom is 0.279 e. The van der Waals surface area contributed by atoms with Gasteiger partial charge < -0.3 is 5.32 Å². The minimum Gasteiger partial charge on any atom is -0.324 e. The van der Waals surface area contributed by atoms with Crippen LogP contribution < -0.4 is 10.9 Å². The Morgan fingerprint density at radius 2 is 2.00 bits per heavy atom. The predicted octanol–water partition coefficient (Wildman–Crippen LogP) is 3.07. The molecule has 2 heterocycles. The molecule has 1 amide bonds. The monoisotopic (exact) mass is 372 g/mol. The van der Waals surface area contributed by atoms with Crippen LogP contribution in [0.5, 0.6) is 0 Å². The third-order valence-electron chi connectivity index (χ3n) is 4.66. The number of aryl methyl sites for hydroxylation is 2. The number of nitrogens with zero attached hydrogens (tertiary/aromatic N) is 3. The van der Waals surface area contributed by atoms with Crippen LogP contribution in [-0.2, 0) is 17.6 Å². The van der Waals surface area contributed by atoms with Crippen molar-refractivity contribution >= 4 is 33.1 Å². The fourth-order valence-electron chi connectivity index (χ4n) is 3.23. The Kier molecular flexibility index (Phi) is 4.28. The Bertz CT molecular complexity index is 1040. The van der Waals surface area contributed by atoms with Gasteiger partial charge in [0.15, 0.2) is 4.83 Å². The van der Waals surface area contributed by atoms with Crippen molar-refractivity contribution in [1.82, 2.24) is 15.0 Å². The summed E-state index contributed by atoms with van der Waals surface area (Å²) in [4.78, 5) is 27.3. The number of anilines is 1. The fraction of sp³-hybridized carbons (Fsp3) is 0.333. The molecular formula is C18H17FN4O2S. The molecule has 2 aromatic heterocycles. The quantitative estimate of drug-likeness (QED) is 0.767. The van der Waals surface area contributed by atoms with Crippen molar-refractivity contribution in [3.05, 3.63) is 50.9 Å². The van der Waals surface area contributed by atoms with E-state index in [1.165, 1.54) is 40.5 Å². The predicted molar refractivity (Wildman–Crippen MR) is 98.1 cm³/mol. The third kappa shape index (κ3) is 2.90. The van der Waals surface area contributed by atoms with Crippen molar-refractivity contribution in [2.24, 2.45) is 0 Å². The smallest absolute Gasteiger partial charge is 0.279 e. The van der Waals surface area contributed by atoms with Gasteiger partial charge in [0.25, 0.3) is 5.56 Å². The summed E-state index contributed by atoms with van der Waals surface area (Å²) < 4.78 is 14.1. The van der Waals surface area contributed by atoms with Crippen molar-refractivity contribution in [2.45, 2.75) is 38.6 Å². The van der Waals surface area contributed by atoms with Gasteiger partial charge in [0.05, 0.1) is 5.39 Å². The maximum absolute atomic E-state index is 13.0. The third-order valence-corrected chi connectivity index (χ3v) is 5.84. The molecule has 0 saturated carbocycles. The zero-order valence-corrected chi connectivity index (χ0v) is 15.0. The molecule has 0 spiro atoms. The lowest BCUT2D eigenvalue weighted by molar-refractivity contribution is -0.119. The Balaban J connectivity index is 1.67. The van der Waals surface area contributed by atoms with E-state index in [0.29, 0.717) is 15.9 Å². The Labute approximate surface area is 152 Å². The molecule has 6 nitrogen and oxygen atoms in total. The van der Waals surface area contributed by atoms with Crippen molar-refractivity contribution in [3.8, 4) is 0 Å². The molecule has 1 aliphatic carbocycles. The first-order valence-electron chi connectivity index (χ1n) is 8.51. The van der Waals surface area contributed by atoms with Crippen LogP contribution in [-0.4, -0.2) is 20.9 Å². The number of nitrogens with one attached hydrogen (secondary N) is 1. The minimum atomic E-state index is -0.830. The van der Waals surface area contributed by atoms with Gasteiger partial charge in [0.2, 0.25) is 5.91 Å². The molecule has 1 aromatic carbocycles. The topological polar surface area (TPSA) is 76.9 Å². The zero-order chi connectivity index (χ0) is 18.3. The van der Waals surface area contributed by atoms with E-state index >= 15 is 0 Å². The summed E-state index contributed by atoms with van der Waals surface area (Å²) in [5.74, 6) is -0.790. The van der Waals surface area contributed by atoms with Crippen LogP contribution in [0.4, 0.5) is 10.1 Å². The summed E-state index contributed by atoms with van der Waals surface area (Å²) in [6.07, 6.45) is 4.02. The van der Waals surface area contributed by atoms with E-state index in [1.807, 2.05) is 0 Å². The average Bonchev–Trinajstić information content (AvgIpc) is 3.02. The number of aromatic nitrogens is 3. The summed E-state index contributed by atoms with van der Waals surface area (Å²) in [7, 11) is 0. The van der Waals surface area contributed by atoms with E-state index in [2.05, 4.69) is 15.6 Å². The van der Waals surface area contributed by atoms with Gasteiger partial charge in [0, 0.05) is 10.6 Å². The van der Waals surface area contributed by atoms with Gasteiger partial charge in [-0.3, -0.25) is 9.59 Å². The average molecular weight is 372 g/mol. The van der Waals surface area contributed by atoms with Gasteiger partial charge in [-0.25, -0.2) is 4.39 Å². The van der Waals surface area contributed by atoms with Crippen molar-refractivity contribution in [1.29, 1.82) is 0 Å². The number of rotatable bonds is 3. The molecule has 4 rings (SSSR count). The summed E-state index contributed by atoms with van der Waals surface area (Å²) in [5.41, 5.74) is 1.24. The highest BCUT2D eigenvalue weighted by atomic mass is 32.1. The van der Waals surface area contributed by atoms with Crippen LogP contribution in [0.25, 0.3) is 10.2 Å². The van der Waals surface area contributed by atoms with Gasteiger partial charge in [-0.1, -0.05) is 5.21 Å². The standard InChI is InChI=1S/C18H17FN4O2S/c1-10(16(24)20-12-8-6-11(19)7-9-12)23-18(25)15-13-4-2-3-5-14(13)26-17(15)21-22-23/h6-10H,2-5H2,1H3,(H,20,24). The lowest BCUT2D eigenvalue weighted by Gasteiger charge is -2.14. The molecule has 0 bridgehead atoms. The summed E-state index contributed by atoms with van der Waals surface area (Å²) in [5, 5.41) is 11.4. The van der Waals surface area contributed by atoms with Gasteiger partial charge in [-0.05, 0) is 62.4 Å². The van der Waals surface area contributed by atoms with Gasteiger partial charge in [-0.15, -0.1) is 16.4 Å². The molecule has 134 valence electrons. The molecular weight excluding hydrogens is 355 g/mol. The van der Waals surface area contributed by atoms with Crippen molar-refractivity contribution < 1.29 is 9.18 Å². The van der Waals surface area contributed by atoms with Crippen molar-refractivity contribution in [2.75, 3.05) is 5.32 Å². The normalized spacial score (nSPS) is 14.8. The largest absolute Gasteiger partial charge is 0.324 e. The number of amides is 1. The first-order valence-corrected chi connectivity index (χ1v) is 9.32. The molecule has 1 atom stereocenters. The summed E-state index contributed by atoms with van der Waals surface area (Å²) in [6, 6.07) is 4.62. The summed E-state index contributed by atoms with van der Waals surface area (Å²) in [6.45, 7) is 1.60. The second-order valence-corrected chi connectivity index (χ2v) is 7.49. The van der Waals surface area contributed by atoms with Crippen LogP contribution in [0.1, 0.15) is 36.2 Å². The molecule has 1 unspecified atom stereocenters. The molecule has 8 heteroatoms. The number of thiophene rings is 1. The highest BCUT2D eigenvalue weighted by Gasteiger charge is 2.24. The molecule has 0 radical (unpaired) electrons. The second-order valence-electron chi connectivity index (χ2n) is 6.40. The van der Waals surface area contributed by atoms with Crippen LogP contribution in [0.2, 0.25) is 0 Å². The number of fused-ring (bicyclic) bond motifs is 3. The SMILES string of the molecule is CC(C(=O)Nc1ccc(F)cc1)n1nnc2sc3c(c2c1=O)CCCC3. The number of carbonyl (C=O) groups is 1. The van der Waals surface area contributed by atoms with Crippen LogP contribution in [0.15, 0.2) is 29.1 Å². The van der Waals surface area contributed by atoms with Gasteiger partial charge in [-0.2, -0.15) is 4.68 Å². The van der Waals surface area contributed by atoms with Gasteiger partial charge >= 0.3 is 0 Å². The molecule has 1 aliphatic rings. The molecule has 0 fully saturated rings. The summed E-state index contributed by atoms with van der Waals surface area (Å²) >= 11 is 1.52. The number of benzene rings is 1. The first kappa shape index (κ1) is 16.8. The number of halogens is 1. The Morgan fingerprint density at radius 3 is 2.77 bits per heavy atom. The number of hydrogen-bond donors (Lipinski definition) is 1. The zero-order valence-electron chi connectivity index (χ0n) is 14.2. The highest BCUT2D eigenvalue weighted by Crippen LogP contribution is 2.33. The highest BCUT2D eigenvalue weighted by molar-refractivity contribution is 7.18. The Morgan fingerprint density at radius 1 is 1.27 bits per heavy atom. The first-order chi connectivity index (χ1) is 12.5. The molecule has 0 aliphatic heterocycles. The molecule has 26 heavy (non-hydrogen) atoms. The minimum absolute atomic E-state index is 0.281. The van der Waals surface area contributed by atoms with Crippen LogP contribution in [0, 0.1) is 5.82 Å².